The van der Waals surface area contributed by atoms with Crippen LogP contribution in [-0.2, 0) is 0 Å². The van der Waals surface area contributed by atoms with Crippen LogP contribution in [0, 0.1) is 0 Å². The van der Waals surface area contributed by atoms with Gasteiger partial charge in [0.2, 0.25) is 0 Å². The van der Waals surface area contributed by atoms with Gasteiger partial charge in [0.1, 0.15) is 0 Å². The minimum atomic E-state index is 0.279. The first-order valence-corrected chi connectivity index (χ1v) is 2.46. The summed E-state index contributed by atoms with van der Waals surface area (Å²) in [6.07, 6.45) is 0. The third-order valence-electron chi connectivity index (χ3n) is 0.388. The van der Waals surface area contributed by atoms with Crippen LogP contribution in [0.3, 0.4) is 0 Å². The summed E-state index contributed by atoms with van der Waals surface area (Å²) in [5.74, 6) is 0. The van der Waals surface area contributed by atoms with Gasteiger partial charge in [-0.05, 0) is 12.2 Å². The van der Waals surface area contributed by atoms with Gasteiger partial charge >= 0.3 is 0 Å². The minimum Gasteiger partial charge on any atom is -0.375 e. The summed E-state index contributed by atoms with van der Waals surface area (Å²) in [4.78, 5) is 0. The van der Waals surface area contributed by atoms with Gasteiger partial charge < -0.3 is 5.73 Å². The van der Waals surface area contributed by atoms with Gasteiger partial charge in [-0.2, -0.15) is 0 Å². The summed E-state index contributed by atoms with van der Waals surface area (Å²) in [5, 5.41) is 0.279. The molecule has 0 heterocycles. The molecule has 42 valence electrons. The van der Waals surface area contributed by atoms with Crippen molar-refractivity contribution in [2.75, 3.05) is 6.54 Å². The van der Waals surface area contributed by atoms with Gasteiger partial charge in [-0.3, -0.25) is 5.43 Å². The molecule has 3 nitrogen and oxygen atoms in total. The zero-order valence-corrected chi connectivity index (χ0v) is 5.01. The fraction of sp³-hybridized carbons (Fsp3) is 0.667. The van der Waals surface area contributed by atoms with Gasteiger partial charge in [-0.1, -0.05) is 6.92 Å². The molecule has 0 unspecified atom stereocenters. The number of hydrazine groups is 1. The first-order valence-electron chi connectivity index (χ1n) is 2.05. The molecule has 0 aromatic carbocycles. The van der Waals surface area contributed by atoms with Crippen molar-refractivity contribution in [3.8, 4) is 0 Å². The van der Waals surface area contributed by atoms with Gasteiger partial charge in [-0.25, -0.2) is 5.43 Å². The smallest absolute Gasteiger partial charge is 0.178 e. The number of thiocarbonyl (C=S) groups is 1. The van der Waals surface area contributed by atoms with Crippen molar-refractivity contribution >= 4 is 17.3 Å². The first kappa shape index (κ1) is 6.65. The largest absolute Gasteiger partial charge is 0.375 e. The van der Waals surface area contributed by atoms with Crippen molar-refractivity contribution in [3.05, 3.63) is 0 Å². The molecule has 7 heavy (non-hydrogen) atoms. The standard InChI is InChI=1S/C3H9N3S/c1-2-5-6-3(4)7/h5H,2H2,1H3,(H3,4,6,7). The summed E-state index contributed by atoms with van der Waals surface area (Å²) in [6, 6.07) is 0. The summed E-state index contributed by atoms with van der Waals surface area (Å²) in [6.45, 7) is 2.77. The maximum atomic E-state index is 5.04. The summed E-state index contributed by atoms with van der Waals surface area (Å²) < 4.78 is 0. The lowest BCUT2D eigenvalue weighted by Gasteiger charge is -1.99. The van der Waals surface area contributed by atoms with Crippen LogP contribution >= 0.6 is 12.2 Å². The van der Waals surface area contributed by atoms with E-state index in [4.69, 9.17) is 5.73 Å². The van der Waals surface area contributed by atoms with E-state index in [9.17, 15) is 0 Å². The Morgan fingerprint density at radius 3 is 2.57 bits per heavy atom. The maximum absolute atomic E-state index is 5.04. The van der Waals surface area contributed by atoms with Crippen LogP contribution in [0.2, 0.25) is 0 Å². The van der Waals surface area contributed by atoms with E-state index in [2.05, 4.69) is 23.1 Å². The average molecular weight is 119 g/mol. The predicted molar refractivity (Wildman–Crippen MR) is 33.6 cm³/mol. The monoisotopic (exact) mass is 119 g/mol. The second kappa shape index (κ2) is 3.83. The number of nitrogens with one attached hydrogen (secondary N) is 2. The van der Waals surface area contributed by atoms with E-state index in [0.717, 1.165) is 6.54 Å². The molecule has 0 aliphatic carbocycles. The molecule has 0 saturated heterocycles. The average Bonchev–Trinajstić information content (AvgIpc) is 1.61. The van der Waals surface area contributed by atoms with Gasteiger partial charge in [0.05, 0.1) is 0 Å². The van der Waals surface area contributed by atoms with Gasteiger partial charge in [0.15, 0.2) is 5.11 Å². The molecule has 0 saturated carbocycles. The number of nitrogens with two attached hydrogens (primary N) is 1. The molecule has 0 bridgehead atoms. The van der Waals surface area contributed by atoms with Crippen LogP contribution in [0.25, 0.3) is 0 Å². The Kier molecular flexibility index (Phi) is 3.64. The van der Waals surface area contributed by atoms with E-state index >= 15 is 0 Å². The van der Waals surface area contributed by atoms with E-state index < -0.39 is 0 Å². The SMILES string of the molecule is CCNNC(N)=S. The molecule has 0 aromatic heterocycles. The highest BCUT2D eigenvalue weighted by Crippen LogP contribution is 1.49. The Morgan fingerprint density at radius 2 is 2.43 bits per heavy atom. The van der Waals surface area contributed by atoms with Crippen LogP contribution in [0.1, 0.15) is 6.92 Å². The number of hydrogen-bond acceptors (Lipinski definition) is 2. The molecule has 0 atom stereocenters. The second-order valence-corrected chi connectivity index (χ2v) is 1.46. The van der Waals surface area contributed by atoms with Gasteiger partial charge in [-0.15, -0.1) is 0 Å². The van der Waals surface area contributed by atoms with E-state index in [1.807, 2.05) is 6.92 Å². The maximum Gasteiger partial charge on any atom is 0.178 e. The first-order chi connectivity index (χ1) is 3.27. The Bertz CT molecular complexity index is 63.2. The molecule has 0 radical (unpaired) electrons. The fourth-order valence-electron chi connectivity index (χ4n) is 0.176. The highest BCUT2D eigenvalue weighted by Gasteiger charge is 1.76. The molecule has 0 aliphatic rings. The van der Waals surface area contributed by atoms with Crippen molar-refractivity contribution in [2.45, 2.75) is 6.92 Å². The second-order valence-electron chi connectivity index (χ2n) is 1.02. The molecule has 0 aliphatic heterocycles. The van der Waals surface area contributed by atoms with Crippen molar-refractivity contribution in [1.82, 2.24) is 10.9 Å². The third-order valence-corrected chi connectivity index (χ3v) is 0.490. The van der Waals surface area contributed by atoms with E-state index in [-0.39, 0.29) is 5.11 Å². The van der Waals surface area contributed by atoms with Crippen LogP contribution < -0.4 is 16.6 Å². The molecular formula is C3H9N3S. The van der Waals surface area contributed by atoms with Crippen LogP contribution in [0.15, 0.2) is 0 Å². The lowest BCUT2D eigenvalue weighted by atomic mass is 10.8. The quantitative estimate of drug-likeness (QED) is 0.334. The molecule has 4 N–H and O–H groups in total. The summed E-state index contributed by atoms with van der Waals surface area (Å²) >= 11 is 4.47. The van der Waals surface area contributed by atoms with Crippen LogP contribution in [0.5, 0.6) is 0 Å². The Morgan fingerprint density at radius 1 is 1.86 bits per heavy atom. The van der Waals surface area contributed by atoms with Gasteiger partial charge in [0, 0.05) is 6.54 Å². The zero-order chi connectivity index (χ0) is 5.70. The Balaban J connectivity index is 2.82. The molecule has 4 heteroatoms. The molecule has 0 rings (SSSR count). The van der Waals surface area contributed by atoms with Crippen molar-refractivity contribution in [2.24, 2.45) is 5.73 Å². The zero-order valence-electron chi connectivity index (χ0n) is 4.19. The number of hydrogen-bond donors (Lipinski definition) is 3. The lowest BCUT2D eigenvalue weighted by Crippen LogP contribution is -2.40. The van der Waals surface area contributed by atoms with Crippen molar-refractivity contribution < 1.29 is 0 Å². The highest BCUT2D eigenvalue weighted by atomic mass is 32.1. The number of rotatable bonds is 2. The molecular weight excluding hydrogens is 110 g/mol. The predicted octanol–water partition coefficient (Wildman–Crippen LogP) is -0.656. The van der Waals surface area contributed by atoms with E-state index in [1.165, 1.54) is 0 Å². The molecule has 0 fully saturated rings. The van der Waals surface area contributed by atoms with Crippen molar-refractivity contribution in [1.29, 1.82) is 0 Å². The van der Waals surface area contributed by atoms with E-state index in [1.54, 1.807) is 0 Å². The highest BCUT2D eigenvalue weighted by molar-refractivity contribution is 7.80. The van der Waals surface area contributed by atoms with Gasteiger partial charge in [0.25, 0.3) is 0 Å². The summed E-state index contributed by atoms with van der Waals surface area (Å²) in [7, 11) is 0. The molecule has 0 amide bonds. The van der Waals surface area contributed by atoms with E-state index in [0.29, 0.717) is 0 Å². The Hall–Kier alpha value is -0.350. The van der Waals surface area contributed by atoms with Crippen LogP contribution in [-0.4, -0.2) is 11.7 Å². The Labute approximate surface area is 48.2 Å². The summed E-state index contributed by atoms with van der Waals surface area (Å²) in [5.41, 5.74) is 10.3. The fourth-order valence-corrected chi connectivity index (χ4v) is 0.248. The normalized spacial score (nSPS) is 8.14. The lowest BCUT2D eigenvalue weighted by molar-refractivity contribution is 0.687. The third kappa shape index (κ3) is 5.65. The van der Waals surface area contributed by atoms with Crippen LogP contribution in [0.4, 0.5) is 0 Å². The minimum absolute atomic E-state index is 0.279. The topological polar surface area (TPSA) is 50.1 Å². The molecule has 0 spiro atoms. The molecule has 0 aromatic rings. The van der Waals surface area contributed by atoms with Crippen molar-refractivity contribution in [3.63, 3.8) is 0 Å².